The third kappa shape index (κ3) is 4.62. The molecule has 1 aromatic rings. The fourth-order valence-corrected chi connectivity index (χ4v) is 4.16. The molecule has 7 nitrogen and oxygen atoms in total. The van der Waals surface area contributed by atoms with Crippen LogP contribution in [0.4, 0.5) is 5.69 Å². The summed E-state index contributed by atoms with van der Waals surface area (Å²) in [5.74, 6) is -0.0795. The standard InChI is InChI=1S/C24H34N2O5/c1-7-8-10-30-16(2)18-12-20-21(13-19(18)22(27)29-6)26(23(28)24(20,3)4)15-17-14-25(5)9-11-31-17/h12-13,17H,2,7-11,14-15H2,1,3-6H3. The summed E-state index contributed by atoms with van der Waals surface area (Å²) < 4.78 is 16.7. The Kier molecular flexibility index (Phi) is 7.06. The zero-order valence-corrected chi connectivity index (χ0v) is 19.3. The molecular formula is C24H34N2O5. The number of carbonyl (C=O) groups excluding carboxylic acids is 2. The smallest absolute Gasteiger partial charge is 0.338 e. The molecule has 1 atom stereocenters. The summed E-state index contributed by atoms with van der Waals surface area (Å²) in [6.45, 7) is 13.2. The number of ether oxygens (including phenoxy) is 3. The van der Waals surface area contributed by atoms with Crippen LogP contribution < -0.4 is 4.90 Å². The van der Waals surface area contributed by atoms with Gasteiger partial charge in [-0.05, 0) is 45.0 Å². The molecule has 0 aliphatic carbocycles. The van der Waals surface area contributed by atoms with E-state index in [2.05, 4.69) is 18.4 Å². The number of likely N-dealkylation sites (N-methyl/N-ethyl adjacent to an activating group) is 1. The maximum absolute atomic E-state index is 13.4. The first-order valence-electron chi connectivity index (χ1n) is 10.9. The number of anilines is 1. The van der Waals surface area contributed by atoms with Crippen molar-refractivity contribution in [1.29, 1.82) is 0 Å². The van der Waals surface area contributed by atoms with Gasteiger partial charge in [0.1, 0.15) is 5.76 Å². The number of unbranched alkanes of at least 4 members (excludes halogenated alkanes) is 1. The van der Waals surface area contributed by atoms with E-state index in [0.29, 0.717) is 36.6 Å². The van der Waals surface area contributed by atoms with E-state index in [1.807, 2.05) is 27.0 Å². The van der Waals surface area contributed by atoms with Gasteiger partial charge in [0.15, 0.2) is 0 Å². The number of methoxy groups -OCH3 is 1. The molecule has 3 rings (SSSR count). The zero-order valence-electron chi connectivity index (χ0n) is 19.3. The van der Waals surface area contributed by atoms with Crippen LogP contribution in [0.1, 0.15) is 55.1 Å². The van der Waals surface area contributed by atoms with E-state index in [4.69, 9.17) is 14.2 Å². The predicted molar refractivity (Wildman–Crippen MR) is 120 cm³/mol. The summed E-state index contributed by atoms with van der Waals surface area (Å²) in [6.07, 6.45) is 1.81. The Morgan fingerprint density at radius 1 is 1.32 bits per heavy atom. The molecule has 2 heterocycles. The van der Waals surface area contributed by atoms with Crippen LogP contribution in [0.15, 0.2) is 18.7 Å². The highest BCUT2D eigenvalue weighted by Crippen LogP contribution is 2.44. The molecule has 1 amide bonds. The van der Waals surface area contributed by atoms with Gasteiger partial charge in [0.25, 0.3) is 0 Å². The molecule has 0 N–H and O–H groups in total. The quantitative estimate of drug-likeness (QED) is 0.358. The van der Waals surface area contributed by atoms with E-state index < -0.39 is 11.4 Å². The van der Waals surface area contributed by atoms with Crippen LogP contribution >= 0.6 is 0 Å². The van der Waals surface area contributed by atoms with Gasteiger partial charge in [0, 0.05) is 24.3 Å². The van der Waals surface area contributed by atoms with E-state index in [-0.39, 0.29) is 12.0 Å². The highest BCUT2D eigenvalue weighted by atomic mass is 16.5. The van der Waals surface area contributed by atoms with Crippen molar-refractivity contribution >= 4 is 23.3 Å². The Bertz CT molecular complexity index is 864. The minimum absolute atomic E-state index is 0.00944. The van der Waals surface area contributed by atoms with Crippen molar-refractivity contribution < 1.29 is 23.8 Å². The summed E-state index contributed by atoms with van der Waals surface area (Å²) in [5.41, 5.74) is 1.75. The molecule has 31 heavy (non-hydrogen) atoms. The van der Waals surface area contributed by atoms with Crippen molar-refractivity contribution in [2.45, 2.75) is 45.1 Å². The average molecular weight is 431 g/mol. The second kappa shape index (κ2) is 9.40. The fraction of sp³-hybridized carbons (Fsp3) is 0.583. The number of morpholine rings is 1. The maximum Gasteiger partial charge on any atom is 0.338 e. The van der Waals surface area contributed by atoms with Gasteiger partial charge in [-0.2, -0.15) is 0 Å². The van der Waals surface area contributed by atoms with Gasteiger partial charge in [0.2, 0.25) is 5.91 Å². The van der Waals surface area contributed by atoms with E-state index in [1.54, 1.807) is 11.0 Å². The molecule has 7 heteroatoms. The lowest BCUT2D eigenvalue weighted by Gasteiger charge is -2.33. The van der Waals surface area contributed by atoms with E-state index >= 15 is 0 Å². The lowest BCUT2D eigenvalue weighted by Crippen LogP contribution is -2.48. The minimum atomic E-state index is -0.733. The van der Waals surface area contributed by atoms with Crippen molar-refractivity contribution in [2.24, 2.45) is 0 Å². The van der Waals surface area contributed by atoms with Crippen molar-refractivity contribution in [3.05, 3.63) is 35.4 Å². The molecule has 0 spiro atoms. The largest absolute Gasteiger partial charge is 0.494 e. The number of amides is 1. The Hall–Kier alpha value is -2.38. The second-order valence-electron chi connectivity index (χ2n) is 8.83. The van der Waals surface area contributed by atoms with Crippen molar-refractivity contribution in [3.63, 3.8) is 0 Å². The molecule has 170 valence electrons. The van der Waals surface area contributed by atoms with Crippen molar-refractivity contribution in [2.75, 3.05) is 51.9 Å². The molecular weight excluding hydrogens is 396 g/mol. The number of esters is 1. The molecule has 0 saturated carbocycles. The summed E-state index contributed by atoms with van der Waals surface area (Å²) in [4.78, 5) is 29.9. The Morgan fingerprint density at radius 2 is 2.06 bits per heavy atom. The van der Waals surface area contributed by atoms with E-state index in [9.17, 15) is 9.59 Å². The van der Waals surface area contributed by atoms with Crippen LogP contribution in [0.2, 0.25) is 0 Å². The Morgan fingerprint density at radius 3 is 2.71 bits per heavy atom. The first kappa shape index (κ1) is 23.3. The molecule has 0 radical (unpaired) electrons. The van der Waals surface area contributed by atoms with Gasteiger partial charge in [-0.1, -0.05) is 19.9 Å². The highest BCUT2D eigenvalue weighted by molar-refractivity contribution is 6.09. The third-order valence-electron chi connectivity index (χ3n) is 6.09. The third-order valence-corrected chi connectivity index (χ3v) is 6.09. The number of benzene rings is 1. The van der Waals surface area contributed by atoms with Gasteiger partial charge in [-0.25, -0.2) is 4.79 Å². The van der Waals surface area contributed by atoms with Gasteiger partial charge < -0.3 is 24.0 Å². The lowest BCUT2D eigenvalue weighted by atomic mass is 9.84. The summed E-state index contributed by atoms with van der Waals surface area (Å²) >= 11 is 0. The van der Waals surface area contributed by atoms with Gasteiger partial charge in [-0.3, -0.25) is 4.79 Å². The summed E-state index contributed by atoms with van der Waals surface area (Å²) in [7, 11) is 3.39. The predicted octanol–water partition coefficient (Wildman–Crippen LogP) is 3.22. The average Bonchev–Trinajstić information content (AvgIpc) is 2.92. The monoisotopic (exact) mass is 430 g/mol. The van der Waals surface area contributed by atoms with Crippen LogP contribution in [0.5, 0.6) is 0 Å². The van der Waals surface area contributed by atoms with Crippen molar-refractivity contribution in [1.82, 2.24) is 4.90 Å². The molecule has 1 fully saturated rings. The fourth-order valence-electron chi connectivity index (χ4n) is 4.16. The van der Waals surface area contributed by atoms with Crippen LogP contribution in [-0.2, 0) is 24.4 Å². The van der Waals surface area contributed by atoms with Crippen LogP contribution in [0, 0.1) is 0 Å². The molecule has 2 aliphatic heterocycles. The zero-order chi connectivity index (χ0) is 22.8. The number of fused-ring (bicyclic) bond motifs is 1. The molecule has 1 unspecified atom stereocenters. The molecule has 1 saturated heterocycles. The topological polar surface area (TPSA) is 68.3 Å². The van der Waals surface area contributed by atoms with E-state index in [0.717, 1.165) is 37.2 Å². The molecule has 1 aromatic carbocycles. The number of rotatable bonds is 8. The number of hydrogen-bond acceptors (Lipinski definition) is 6. The Labute approximate surface area is 184 Å². The molecule has 2 aliphatic rings. The maximum atomic E-state index is 13.4. The van der Waals surface area contributed by atoms with Gasteiger partial charge in [-0.15, -0.1) is 0 Å². The molecule has 0 aromatic heterocycles. The first-order chi connectivity index (χ1) is 14.7. The SMILES string of the molecule is C=C(OCCCC)c1cc2c(cc1C(=O)OC)N(CC1CN(C)CCO1)C(=O)C2(C)C. The van der Waals surface area contributed by atoms with Gasteiger partial charge in [0.05, 0.1) is 44.0 Å². The van der Waals surface area contributed by atoms with Crippen molar-refractivity contribution in [3.8, 4) is 0 Å². The van der Waals surface area contributed by atoms with Gasteiger partial charge >= 0.3 is 5.97 Å². The second-order valence-corrected chi connectivity index (χ2v) is 8.83. The lowest BCUT2D eigenvalue weighted by molar-refractivity contribution is -0.122. The van der Waals surface area contributed by atoms with E-state index in [1.165, 1.54) is 7.11 Å². The normalized spacial score (nSPS) is 20.5. The van der Waals surface area contributed by atoms with Crippen LogP contribution in [0.25, 0.3) is 5.76 Å². The Balaban J connectivity index is 2.00. The van der Waals surface area contributed by atoms with Crippen LogP contribution in [0.3, 0.4) is 0 Å². The number of nitrogens with zero attached hydrogens (tertiary/aromatic N) is 2. The summed E-state index contributed by atoms with van der Waals surface area (Å²) in [5, 5.41) is 0. The van der Waals surface area contributed by atoms with Crippen LogP contribution in [-0.4, -0.2) is 69.9 Å². The number of carbonyl (C=O) groups is 2. The molecule has 0 bridgehead atoms. The first-order valence-corrected chi connectivity index (χ1v) is 10.9. The summed E-state index contributed by atoms with van der Waals surface area (Å²) in [6, 6.07) is 3.60. The number of hydrogen-bond donors (Lipinski definition) is 0. The highest BCUT2D eigenvalue weighted by Gasteiger charge is 2.45. The minimum Gasteiger partial charge on any atom is -0.494 e.